The molecule has 0 saturated heterocycles. The minimum atomic E-state index is 0.286. The average Bonchev–Trinajstić information content (AvgIpc) is 2.45. The largest absolute Gasteiger partial charge is 0.383 e. The summed E-state index contributed by atoms with van der Waals surface area (Å²) in [5.74, 6) is 0.725. The van der Waals surface area contributed by atoms with Gasteiger partial charge in [0, 0.05) is 10.5 Å². The predicted molar refractivity (Wildman–Crippen MR) is 62.2 cm³/mol. The lowest BCUT2D eigenvalue weighted by Gasteiger charge is -2.06. The minimum absolute atomic E-state index is 0.286. The average molecular weight is 254 g/mol. The molecular formula is C10H12BrN3. The topological polar surface area (TPSA) is 43.8 Å². The highest BCUT2D eigenvalue weighted by Crippen LogP contribution is 2.30. The van der Waals surface area contributed by atoms with Crippen molar-refractivity contribution in [2.24, 2.45) is 0 Å². The van der Waals surface area contributed by atoms with Crippen LogP contribution in [-0.4, -0.2) is 9.78 Å². The number of hydrogen-bond acceptors (Lipinski definition) is 2. The zero-order valence-corrected chi connectivity index (χ0v) is 9.75. The van der Waals surface area contributed by atoms with Crippen molar-refractivity contribution >= 4 is 32.7 Å². The first kappa shape index (κ1) is 9.52. The number of benzene rings is 1. The van der Waals surface area contributed by atoms with Crippen LogP contribution < -0.4 is 5.73 Å². The van der Waals surface area contributed by atoms with E-state index in [1.807, 2.05) is 22.9 Å². The van der Waals surface area contributed by atoms with Crippen LogP contribution in [0, 0.1) is 0 Å². The fraction of sp³-hybridized carbons (Fsp3) is 0.300. The van der Waals surface area contributed by atoms with E-state index < -0.39 is 0 Å². The van der Waals surface area contributed by atoms with Gasteiger partial charge in [0.2, 0.25) is 0 Å². The summed E-state index contributed by atoms with van der Waals surface area (Å²) in [6, 6.07) is 6.19. The number of aromatic nitrogens is 2. The van der Waals surface area contributed by atoms with Crippen LogP contribution in [0.3, 0.4) is 0 Å². The molecule has 2 aromatic rings. The van der Waals surface area contributed by atoms with Crippen LogP contribution in [0.4, 0.5) is 5.82 Å². The second-order valence-electron chi connectivity index (χ2n) is 3.56. The van der Waals surface area contributed by atoms with Crippen molar-refractivity contribution in [2.45, 2.75) is 19.9 Å². The molecule has 0 bridgehead atoms. The van der Waals surface area contributed by atoms with E-state index in [1.54, 1.807) is 0 Å². The lowest BCUT2D eigenvalue weighted by Crippen LogP contribution is -2.06. The molecule has 0 spiro atoms. The summed E-state index contributed by atoms with van der Waals surface area (Å²) in [4.78, 5) is 0. The van der Waals surface area contributed by atoms with Crippen LogP contribution in [0.25, 0.3) is 10.9 Å². The molecule has 1 aromatic carbocycles. The van der Waals surface area contributed by atoms with Crippen LogP contribution in [0.1, 0.15) is 19.9 Å². The summed E-state index contributed by atoms with van der Waals surface area (Å²) in [5, 5.41) is 5.44. The molecule has 0 aliphatic rings. The number of fused-ring (bicyclic) bond motifs is 1. The molecule has 0 saturated carbocycles. The SMILES string of the molecule is CC(C)n1nc2cccc(Br)c2c1N. The first-order valence-electron chi connectivity index (χ1n) is 4.53. The summed E-state index contributed by atoms with van der Waals surface area (Å²) >= 11 is 3.48. The van der Waals surface area contributed by atoms with E-state index in [2.05, 4.69) is 34.9 Å². The molecule has 0 aliphatic heterocycles. The Morgan fingerprint density at radius 2 is 2.14 bits per heavy atom. The molecule has 0 atom stereocenters. The fourth-order valence-electron chi connectivity index (χ4n) is 1.53. The van der Waals surface area contributed by atoms with Gasteiger partial charge in [0.25, 0.3) is 0 Å². The van der Waals surface area contributed by atoms with Gasteiger partial charge in [0.05, 0.1) is 10.9 Å². The van der Waals surface area contributed by atoms with E-state index in [0.717, 1.165) is 21.2 Å². The monoisotopic (exact) mass is 253 g/mol. The van der Waals surface area contributed by atoms with E-state index in [9.17, 15) is 0 Å². The van der Waals surface area contributed by atoms with E-state index in [-0.39, 0.29) is 6.04 Å². The quantitative estimate of drug-likeness (QED) is 0.850. The Labute approximate surface area is 91.0 Å². The van der Waals surface area contributed by atoms with Crippen molar-refractivity contribution in [2.75, 3.05) is 5.73 Å². The van der Waals surface area contributed by atoms with E-state index in [1.165, 1.54) is 0 Å². The Balaban J connectivity index is 2.81. The van der Waals surface area contributed by atoms with E-state index >= 15 is 0 Å². The fourth-order valence-corrected chi connectivity index (χ4v) is 2.09. The zero-order chi connectivity index (χ0) is 10.3. The van der Waals surface area contributed by atoms with Gasteiger partial charge in [-0.1, -0.05) is 6.07 Å². The zero-order valence-electron chi connectivity index (χ0n) is 8.16. The van der Waals surface area contributed by atoms with Gasteiger partial charge in [0.1, 0.15) is 5.82 Å². The molecule has 2 rings (SSSR count). The molecule has 0 aliphatic carbocycles. The van der Waals surface area contributed by atoms with E-state index in [0.29, 0.717) is 0 Å². The van der Waals surface area contributed by atoms with Gasteiger partial charge in [-0.3, -0.25) is 0 Å². The van der Waals surface area contributed by atoms with Crippen LogP contribution in [0.2, 0.25) is 0 Å². The molecule has 74 valence electrons. The molecule has 0 amide bonds. The second kappa shape index (κ2) is 3.28. The van der Waals surface area contributed by atoms with Gasteiger partial charge < -0.3 is 5.73 Å². The third-order valence-electron chi connectivity index (χ3n) is 2.20. The van der Waals surface area contributed by atoms with Crippen molar-refractivity contribution in [3.8, 4) is 0 Å². The highest BCUT2D eigenvalue weighted by Gasteiger charge is 2.12. The smallest absolute Gasteiger partial charge is 0.131 e. The maximum absolute atomic E-state index is 6.01. The molecule has 0 fully saturated rings. The van der Waals surface area contributed by atoms with Crippen LogP contribution in [0.15, 0.2) is 22.7 Å². The van der Waals surface area contributed by atoms with Crippen molar-refractivity contribution in [3.05, 3.63) is 22.7 Å². The van der Waals surface area contributed by atoms with Crippen molar-refractivity contribution in [1.29, 1.82) is 0 Å². The Bertz CT molecular complexity index is 473. The van der Waals surface area contributed by atoms with Gasteiger partial charge in [-0.05, 0) is 41.9 Å². The standard InChI is InChI=1S/C10H12BrN3/c1-6(2)14-10(12)9-7(11)4-3-5-8(9)13-14/h3-6H,12H2,1-2H3. The normalized spacial score (nSPS) is 11.4. The Morgan fingerprint density at radius 3 is 2.71 bits per heavy atom. The minimum Gasteiger partial charge on any atom is -0.383 e. The van der Waals surface area contributed by atoms with Gasteiger partial charge in [-0.15, -0.1) is 0 Å². The Morgan fingerprint density at radius 1 is 1.43 bits per heavy atom. The summed E-state index contributed by atoms with van der Waals surface area (Å²) < 4.78 is 2.84. The lowest BCUT2D eigenvalue weighted by atomic mass is 10.2. The Kier molecular flexibility index (Phi) is 2.23. The van der Waals surface area contributed by atoms with Crippen LogP contribution in [-0.2, 0) is 0 Å². The van der Waals surface area contributed by atoms with Gasteiger partial charge in [0.15, 0.2) is 0 Å². The maximum atomic E-state index is 6.01. The number of nitrogen functional groups attached to an aromatic ring is 1. The molecular weight excluding hydrogens is 242 g/mol. The highest BCUT2D eigenvalue weighted by molar-refractivity contribution is 9.10. The number of hydrogen-bond donors (Lipinski definition) is 1. The molecule has 0 radical (unpaired) electrons. The number of halogens is 1. The number of nitrogens with zero attached hydrogens (tertiary/aromatic N) is 2. The molecule has 1 heterocycles. The molecule has 2 N–H and O–H groups in total. The second-order valence-corrected chi connectivity index (χ2v) is 4.41. The summed E-state index contributed by atoms with van der Waals surface area (Å²) in [6.45, 7) is 4.13. The molecule has 0 unspecified atom stereocenters. The molecule has 14 heavy (non-hydrogen) atoms. The molecule has 4 heteroatoms. The highest BCUT2D eigenvalue weighted by atomic mass is 79.9. The first-order chi connectivity index (χ1) is 6.61. The number of anilines is 1. The third-order valence-corrected chi connectivity index (χ3v) is 2.86. The van der Waals surface area contributed by atoms with Crippen molar-refractivity contribution in [3.63, 3.8) is 0 Å². The molecule has 1 aromatic heterocycles. The van der Waals surface area contributed by atoms with Crippen molar-refractivity contribution in [1.82, 2.24) is 9.78 Å². The van der Waals surface area contributed by atoms with Gasteiger partial charge in [-0.25, -0.2) is 4.68 Å². The number of rotatable bonds is 1. The predicted octanol–water partition coefficient (Wildman–Crippen LogP) is 2.96. The summed E-state index contributed by atoms with van der Waals surface area (Å²) in [7, 11) is 0. The summed E-state index contributed by atoms with van der Waals surface area (Å²) in [5.41, 5.74) is 6.95. The Hall–Kier alpha value is -1.03. The first-order valence-corrected chi connectivity index (χ1v) is 5.32. The van der Waals surface area contributed by atoms with Crippen LogP contribution in [0.5, 0.6) is 0 Å². The van der Waals surface area contributed by atoms with Crippen molar-refractivity contribution < 1.29 is 0 Å². The number of nitrogens with two attached hydrogens (primary N) is 1. The van der Waals surface area contributed by atoms with Crippen LogP contribution >= 0.6 is 15.9 Å². The summed E-state index contributed by atoms with van der Waals surface area (Å²) in [6.07, 6.45) is 0. The van der Waals surface area contributed by atoms with Gasteiger partial charge >= 0.3 is 0 Å². The lowest BCUT2D eigenvalue weighted by molar-refractivity contribution is 0.545. The molecule has 3 nitrogen and oxygen atoms in total. The maximum Gasteiger partial charge on any atom is 0.131 e. The van der Waals surface area contributed by atoms with Gasteiger partial charge in [-0.2, -0.15) is 5.10 Å². The van der Waals surface area contributed by atoms with E-state index in [4.69, 9.17) is 5.73 Å². The third kappa shape index (κ3) is 1.30.